The molecule has 0 saturated heterocycles. The van der Waals surface area contributed by atoms with E-state index in [1.165, 1.54) is 0 Å². The summed E-state index contributed by atoms with van der Waals surface area (Å²) in [5, 5.41) is 5.61. The lowest BCUT2D eigenvalue weighted by Gasteiger charge is -2.24. The summed E-state index contributed by atoms with van der Waals surface area (Å²) in [5.41, 5.74) is 2.12. The molecule has 2 aromatic rings. The number of anilines is 2. The number of urea groups is 1. The van der Waals surface area contributed by atoms with Crippen molar-refractivity contribution in [3.05, 3.63) is 48.0 Å². The fourth-order valence-corrected chi connectivity index (χ4v) is 3.27. The number of benzene rings is 2. The van der Waals surface area contributed by atoms with Crippen LogP contribution in [0.2, 0.25) is 0 Å². The second-order valence-corrected chi connectivity index (χ2v) is 7.51. The number of methoxy groups -OCH3 is 1. The summed E-state index contributed by atoms with van der Waals surface area (Å²) < 4.78 is 11.0. The molecule has 0 saturated carbocycles. The smallest absolute Gasteiger partial charge is 0.323 e. The van der Waals surface area contributed by atoms with Gasteiger partial charge in [0.05, 0.1) is 7.11 Å². The van der Waals surface area contributed by atoms with E-state index >= 15 is 0 Å². The minimum Gasteiger partial charge on any atom is -0.497 e. The third kappa shape index (κ3) is 5.19. The van der Waals surface area contributed by atoms with Crippen LogP contribution >= 0.6 is 0 Å². The summed E-state index contributed by atoms with van der Waals surface area (Å²) in [7, 11) is 1.57. The molecular formula is C22H27N3O4. The van der Waals surface area contributed by atoms with E-state index in [9.17, 15) is 9.59 Å². The van der Waals surface area contributed by atoms with Gasteiger partial charge in [-0.25, -0.2) is 4.79 Å². The maximum absolute atomic E-state index is 12.6. The Labute approximate surface area is 171 Å². The largest absolute Gasteiger partial charge is 0.497 e. The summed E-state index contributed by atoms with van der Waals surface area (Å²) >= 11 is 0. The molecule has 7 heteroatoms. The summed E-state index contributed by atoms with van der Waals surface area (Å²) in [5.74, 6) is 1.65. The van der Waals surface area contributed by atoms with Gasteiger partial charge in [-0.05, 0) is 43.2 Å². The molecule has 2 N–H and O–H groups in total. The fourth-order valence-electron chi connectivity index (χ4n) is 3.27. The highest BCUT2D eigenvalue weighted by Crippen LogP contribution is 2.29. The second kappa shape index (κ2) is 8.86. The number of nitrogens with zero attached hydrogens (tertiary/aromatic N) is 1. The molecule has 1 atom stereocenters. The molecule has 0 bridgehead atoms. The molecule has 0 radical (unpaired) electrons. The Kier molecular flexibility index (Phi) is 6.26. The van der Waals surface area contributed by atoms with E-state index < -0.39 is 6.10 Å². The molecule has 1 aliphatic heterocycles. The average Bonchev–Trinajstić information content (AvgIpc) is 2.78. The van der Waals surface area contributed by atoms with E-state index in [2.05, 4.69) is 24.5 Å². The molecule has 154 valence electrons. The van der Waals surface area contributed by atoms with Gasteiger partial charge in [0.25, 0.3) is 5.91 Å². The van der Waals surface area contributed by atoms with Crippen LogP contribution in [-0.2, 0) is 11.3 Å². The van der Waals surface area contributed by atoms with Crippen molar-refractivity contribution in [3.8, 4) is 11.5 Å². The van der Waals surface area contributed by atoms with Crippen LogP contribution in [-0.4, -0.2) is 36.6 Å². The molecule has 1 unspecified atom stereocenters. The van der Waals surface area contributed by atoms with Crippen LogP contribution in [0.4, 0.5) is 16.2 Å². The Morgan fingerprint density at radius 2 is 1.93 bits per heavy atom. The predicted molar refractivity (Wildman–Crippen MR) is 112 cm³/mol. The highest BCUT2D eigenvalue weighted by molar-refractivity contribution is 6.00. The van der Waals surface area contributed by atoms with Crippen LogP contribution in [0.5, 0.6) is 11.5 Å². The molecule has 0 fully saturated rings. The van der Waals surface area contributed by atoms with Crippen molar-refractivity contribution in [2.75, 3.05) is 24.3 Å². The Bertz CT molecular complexity index is 897. The lowest BCUT2D eigenvalue weighted by Crippen LogP contribution is -2.39. The number of ether oxygens (including phenoxy) is 2. The topological polar surface area (TPSA) is 79.9 Å². The molecule has 3 amide bonds. The lowest BCUT2D eigenvalue weighted by atomic mass is 10.1. The lowest BCUT2D eigenvalue weighted by molar-refractivity contribution is -0.138. The van der Waals surface area contributed by atoms with Crippen molar-refractivity contribution >= 4 is 23.3 Å². The summed E-state index contributed by atoms with van der Waals surface area (Å²) in [4.78, 5) is 26.8. The van der Waals surface area contributed by atoms with Crippen molar-refractivity contribution in [1.82, 2.24) is 4.90 Å². The van der Waals surface area contributed by atoms with Gasteiger partial charge in [-0.15, -0.1) is 0 Å². The van der Waals surface area contributed by atoms with E-state index in [1.807, 2.05) is 6.07 Å². The first-order valence-corrected chi connectivity index (χ1v) is 9.66. The van der Waals surface area contributed by atoms with Gasteiger partial charge in [0, 0.05) is 36.1 Å². The number of carbonyl (C=O) groups excluding carboxylic acids is 2. The van der Waals surface area contributed by atoms with Gasteiger partial charge >= 0.3 is 6.03 Å². The third-order valence-electron chi connectivity index (χ3n) is 4.56. The zero-order valence-corrected chi connectivity index (χ0v) is 17.2. The number of amides is 3. The minimum atomic E-state index is -0.537. The maximum atomic E-state index is 12.6. The normalized spacial score (nSPS) is 16.0. The van der Waals surface area contributed by atoms with Crippen LogP contribution in [0.25, 0.3) is 0 Å². The number of hydrogen-bond acceptors (Lipinski definition) is 4. The summed E-state index contributed by atoms with van der Waals surface area (Å²) in [6, 6.07) is 12.2. The van der Waals surface area contributed by atoms with Crippen LogP contribution in [0, 0.1) is 5.92 Å². The van der Waals surface area contributed by atoms with E-state index in [1.54, 1.807) is 55.3 Å². The Balaban J connectivity index is 1.74. The van der Waals surface area contributed by atoms with Crippen LogP contribution in [0.15, 0.2) is 42.5 Å². The highest BCUT2D eigenvalue weighted by atomic mass is 16.5. The maximum Gasteiger partial charge on any atom is 0.323 e. The average molecular weight is 397 g/mol. The van der Waals surface area contributed by atoms with Crippen molar-refractivity contribution < 1.29 is 19.1 Å². The standard InChI is InChI=1S/C22H27N3O4/c1-14(2)12-25-13-16-10-18(8-9-20(16)29-15(3)21(25)26)24-22(27)23-17-6-5-7-19(11-17)28-4/h5-11,14-15H,12-13H2,1-4H3,(H2,23,24,27). The van der Waals surface area contributed by atoms with E-state index in [0.717, 1.165) is 5.56 Å². The number of carbonyl (C=O) groups is 2. The molecule has 0 aliphatic carbocycles. The first-order chi connectivity index (χ1) is 13.9. The quantitative estimate of drug-likeness (QED) is 0.796. The number of rotatable bonds is 5. The van der Waals surface area contributed by atoms with Gasteiger partial charge in [-0.1, -0.05) is 19.9 Å². The van der Waals surface area contributed by atoms with Crippen molar-refractivity contribution in [2.24, 2.45) is 5.92 Å². The van der Waals surface area contributed by atoms with Gasteiger partial charge in [-0.2, -0.15) is 0 Å². The molecule has 29 heavy (non-hydrogen) atoms. The molecule has 0 aromatic heterocycles. The van der Waals surface area contributed by atoms with Crippen molar-refractivity contribution in [1.29, 1.82) is 0 Å². The first kappa shape index (κ1) is 20.5. The third-order valence-corrected chi connectivity index (χ3v) is 4.56. The molecule has 1 heterocycles. The van der Waals surface area contributed by atoms with Gasteiger partial charge in [-0.3, -0.25) is 4.79 Å². The van der Waals surface area contributed by atoms with Crippen molar-refractivity contribution in [3.63, 3.8) is 0 Å². The SMILES string of the molecule is COc1cccc(NC(=O)Nc2ccc3c(c2)CN(CC(C)C)C(=O)C(C)O3)c1. The monoisotopic (exact) mass is 397 g/mol. The fraction of sp³-hybridized carbons (Fsp3) is 0.364. The predicted octanol–water partition coefficient (Wildman–Crippen LogP) is 4.10. The van der Waals surface area contributed by atoms with Gasteiger partial charge < -0.3 is 25.0 Å². The first-order valence-electron chi connectivity index (χ1n) is 9.66. The zero-order valence-electron chi connectivity index (χ0n) is 17.2. The molecular weight excluding hydrogens is 370 g/mol. The van der Waals surface area contributed by atoms with Gasteiger partial charge in [0.15, 0.2) is 6.10 Å². The summed E-state index contributed by atoms with van der Waals surface area (Å²) in [6.45, 7) is 7.01. The van der Waals surface area contributed by atoms with E-state index in [0.29, 0.717) is 41.9 Å². The number of fused-ring (bicyclic) bond motifs is 1. The Hall–Kier alpha value is -3.22. The molecule has 0 spiro atoms. The van der Waals surface area contributed by atoms with Crippen LogP contribution < -0.4 is 20.1 Å². The van der Waals surface area contributed by atoms with E-state index in [-0.39, 0.29) is 11.9 Å². The molecule has 3 rings (SSSR count). The molecule has 2 aromatic carbocycles. The Morgan fingerprint density at radius 1 is 1.21 bits per heavy atom. The number of hydrogen-bond donors (Lipinski definition) is 2. The van der Waals surface area contributed by atoms with E-state index in [4.69, 9.17) is 9.47 Å². The second-order valence-electron chi connectivity index (χ2n) is 7.51. The van der Waals surface area contributed by atoms with Crippen molar-refractivity contribution in [2.45, 2.75) is 33.4 Å². The molecule has 1 aliphatic rings. The Morgan fingerprint density at radius 3 is 2.62 bits per heavy atom. The molecule has 7 nitrogen and oxygen atoms in total. The number of nitrogens with one attached hydrogen (secondary N) is 2. The van der Waals surface area contributed by atoms with Crippen LogP contribution in [0.3, 0.4) is 0 Å². The van der Waals surface area contributed by atoms with Crippen LogP contribution in [0.1, 0.15) is 26.3 Å². The zero-order chi connectivity index (χ0) is 21.0. The summed E-state index contributed by atoms with van der Waals surface area (Å²) in [6.07, 6.45) is -0.537. The highest BCUT2D eigenvalue weighted by Gasteiger charge is 2.28. The van der Waals surface area contributed by atoms with Gasteiger partial charge in [0.1, 0.15) is 11.5 Å². The van der Waals surface area contributed by atoms with Gasteiger partial charge in [0.2, 0.25) is 0 Å². The minimum absolute atomic E-state index is 0.0276.